The van der Waals surface area contributed by atoms with Crippen LogP contribution in [-0.2, 0) is 22.5 Å². The molecule has 1 amide bonds. The van der Waals surface area contributed by atoms with Crippen LogP contribution < -0.4 is 0 Å². The first-order chi connectivity index (χ1) is 12.1. The van der Waals surface area contributed by atoms with Crippen LogP contribution in [0.4, 0.5) is 0 Å². The normalized spacial score (nSPS) is 18.2. The first-order valence-corrected chi connectivity index (χ1v) is 8.54. The summed E-state index contributed by atoms with van der Waals surface area (Å²) in [7, 11) is 1.79. The van der Waals surface area contributed by atoms with Gasteiger partial charge in [0.15, 0.2) is 5.82 Å². The summed E-state index contributed by atoms with van der Waals surface area (Å²) < 4.78 is 10.7. The van der Waals surface area contributed by atoms with E-state index < -0.39 is 6.10 Å². The van der Waals surface area contributed by atoms with Gasteiger partial charge in [-0.3, -0.25) is 9.69 Å². The highest BCUT2D eigenvalue weighted by Gasteiger charge is 2.28. The Morgan fingerprint density at radius 3 is 2.88 bits per heavy atom. The molecule has 1 aromatic carbocycles. The number of amides is 1. The maximum atomic E-state index is 12.6. The molecule has 1 aliphatic heterocycles. The smallest absolute Gasteiger partial charge is 0.252 e. The quantitative estimate of drug-likeness (QED) is 0.786. The van der Waals surface area contributed by atoms with Crippen LogP contribution in [0.5, 0.6) is 0 Å². The number of aromatic nitrogens is 2. The molecule has 3 rings (SSSR count). The second-order valence-corrected chi connectivity index (χ2v) is 6.32. The largest absolute Gasteiger partial charge is 0.366 e. The third-order valence-corrected chi connectivity index (χ3v) is 4.29. The number of carbonyl (C=O) groups excluding carboxylic acids is 1. The van der Waals surface area contributed by atoms with Crippen molar-refractivity contribution in [2.45, 2.75) is 26.0 Å². The van der Waals surface area contributed by atoms with E-state index in [1.807, 2.05) is 18.2 Å². The van der Waals surface area contributed by atoms with Crippen molar-refractivity contribution in [1.82, 2.24) is 19.9 Å². The standard InChI is InChI=1S/C18H24N4O3/c1-14-19-17(20-25-14)8-9-21(2)18(23)16-13-22(10-11-24-16)12-15-6-4-3-5-7-15/h3-7,16H,8-13H2,1-2H3. The highest BCUT2D eigenvalue weighted by atomic mass is 16.5. The second kappa shape index (κ2) is 8.22. The van der Waals surface area contributed by atoms with Gasteiger partial charge in [-0.05, 0) is 5.56 Å². The topological polar surface area (TPSA) is 71.7 Å². The summed E-state index contributed by atoms with van der Waals surface area (Å²) in [6.07, 6.45) is 0.148. The average Bonchev–Trinajstić information content (AvgIpc) is 3.05. The van der Waals surface area contributed by atoms with Crippen molar-refractivity contribution in [3.63, 3.8) is 0 Å². The summed E-state index contributed by atoms with van der Waals surface area (Å²) >= 11 is 0. The number of nitrogens with zero attached hydrogens (tertiary/aromatic N) is 4. The van der Waals surface area contributed by atoms with Crippen LogP contribution in [0.15, 0.2) is 34.9 Å². The second-order valence-electron chi connectivity index (χ2n) is 6.32. The van der Waals surface area contributed by atoms with E-state index in [0.29, 0.717) is 37.8 Å². The van der Waals surface area contributed by atoms with Gasteiger partial charge < -0.3 is 14.2 Å². The Bertz CT molecular complexity index is 689. The molecular weight excluding hydrogens is 320 g/mol. The molecule has 1 unspecified atom stereocenters. The average molecular weight is 344 g/mol. The first-order valence-electron chi connectivity index (χ1n) is 8.54. The minimum absolute atomic E-state index is 0.00187. The number of benzene rings is 1. The van der Waals surface area contributed by atoms with E-state index in [2.05, 4.69) is 27.2 Å². The zero-order valence-electron chi connectivity index (χ0n) is 14.7. The number of hydrogen-bond acceptors (Lipinski definition) is 6. The van der Waals surface area contributed by atoms with E-state index in [4.69, 9.17) is 9.26 Å². The van der Waals surface area contributed by atoms with Gasteiger partial charge >= 0.3 is 0 Å². The van der Waals surface area contributed by atoms with Crippen LogP contribution in [0.25, 0.3) is 0 Å². The molecule has 7 nitrogen and oxygen atoms in total. The van der Waals surface area contributed by atoms with E-state index in [1.54, 1.807) is 18.9 Å². The van der Waals surface area contributed by atoms with Crippen molar-refractivity contribution in [2.75, 3.05) is 33.3 Å². The van der Waals surface area contributed by atoms with Crippen LogP contribution >= 0.6 is 0 Å². The van der Waals surface area contributed by atoms with Crippen molar-refractivity contribution in [3.8, 4) is 0 Å². The molecule has 0 aliphatic carbocycles. The van der Waals surface area contributed by atoms with Crippen LogP contribution in [-0.4, -0.2) is 65.2 Å². The van der Waals surface area contributed by atoms with Crippen LogP contribution in [0.2, 0.25) is 0 Å². The molecule has 1 atom stereocenters. The van der Waals surface area contributed by atoms with Crippen LogP contribution in [0, 0.1) is 6.92 Å². The lowest BCUT2D eigenvalue weighted by molar-refractivity contribution is -0.148. The van der Waals surface area contributed by atoms with Gasteiger partial charge in [-0.1, -0.05) is 35.5 Å². The van der Waals surface area contributed by atoms with Crippen molar-refractivity contribution >= 4 is 5.91 Å². The fourth-order valence-electron chi connectivity index (χ4n) is 2.90. The minimum Gasteiger partial charge on any atom is -0.366 e. The Hall–Kier alpha value is -2.25. The molecule has 1 aromatic heterocycles. The monoisotopic (exact) mass is 344 g/mol. The SMILES string of the molecule is Cc1nc(CCN(C)C(=O)C2CN(Cc3ccccc3)CCO2)no1. The van der Waals surface area contributed by atoms with Gasteiger partial charge in [-0.2, -0.15) is 4.98 Å². The Balaban J connectivity index is 1.50. The van der Waals surface area contributed by atoms with Gasteiger partial charge in [-0.25, -0.2) is 0 Å². The Labute approximate surface area is 147 Å². The van der Waals surface area contributed by atoms with Crippen molar-refractivity contribution in [1.29, 1.82) is 0 Å². The number of ether oxygens (including phenoxy) is 1. The molecule has 0 N–H and O–H groups in total. The zero-order valence-corrected chi connectivity index (χ0v) is 14.7. The Kier molecular flexibility index (Phi) is 5.78. The lowest BCUT2D eigenvalue weighted by Gasteiger charge is -2.34. The lowest BCUT2D eigenvalue weighted by Crippen LogP contribution is -2.50. The van der Waals surface area contributed by atoms with Gasteiger partial charge in [0.1, 0.15) is 6.10 Å². The fourth-order valence-corrected chi connectivity index (χ4v) is 2.90. The molecule has 0 saturated carbocycles. The number of rotatable bonds is 6. The molecule has 2 aromatic rings. The van der Waals surface area contributed by atoms with Crippen molar-refractivity contribution in [3.05, 3.63) is 47.6 Å². The van der Waals surface area contributed by atoms with E-state index in [0.717, 1.165) is 13.1 Å². The first kappa shape index (κ1) is 17.6. The predicted molar refractivity (Wildman–Crippen MR) is 91.8 cm³/mol. The highest BCUT2D eigenvalue weighted by Crippen LogP contribution is 2.12. The van der Waals surface area contributed by atoms with Gasteiger partial charge in [-0.15, -0.1) is 0 Å². The molecule has 1 fully saturated rings. The molecule has 0 spiro atoms. The molecule has 0 bridgehead atoms. The molecule has 0 radical (unpaired) electrons. The summed E-state index contributed by atoms with van der Waals surface area (Å²) in [4.78, 5) is 20.7. The van der Waals surface area contributed by atoms with Crippen LogP contribution in [0.1, 0.15) is 17.3 Å². The third-order valence-electron chi connectivity index (χ3n) is 4.29. The summed E-state index contributed by atoms with van der Waals surface area (Å²) in [5.74, 6) is 1.15. The van der Waals surface area contributed by atoms with Gasteiger partial charge in [0.05, 0.1) is 6.61 Å². The molecule has 1 saturated heterocycles. The summed E-state index contributed by atoms with van der Waals surface area (Å²) in [6.45, 7) is 5.14. The van der Waals surface area contributed by atoms with Crippen molar-refractivity contribution in [2.24, 2.45) is 0 Å². The van der Waals surface area contributed by atoms with Gasteiger partial charge in [0.2, 0.25) is 5.89 Å². The highest BCUT2D eigenvalue weighted by molar-refractivity contribution is 5.81. The number of morpholine rings is 1. The van der Waals surface area contributed by atoms with E-state index in [-0.39, 0.29) is 5.91 Å². The number of likely N-dealkylation sites (N-methyl/N-ethyl adjacent to an activating group) is 1. The summed E-state index contributed by atoms with van der Waals surface area (Å²) in [5, 5.41) is 3.85. The van der Waals surface area contributed by atoms with Crippen molar-refractivity contribution < 1.29 is 14.1 Å². The molecule has 2 heterocycles. The predicted octanol–water partition coefficient (Wildman–Crippen LogP) is 1.28. The van der Waals surface area contributed by atoms with Crippen LogP contribution in [0.3, 0.4) is 0 Å². The number of hydrogen-bond donors (Lipinski definition) is 0. The van der Waals surface area contributed by atoms with Gasteiger partial charge in [0.25, 0.3) is 5.91 Å². The van der Waals surface area contributed by atoms with Gasteiger partial charge in [0, 0.05) is 46.6 Å². The maximum absolute atomic E-state index is 12.6. The Morgan fingerprint density at radius 2 is 2.16 bits per heavy atom. The summed E-state index contributed by atoms with van der Waals surface area (Å²) in [5.41, 5.74) is 1.25. The lowest BCUT2D eigenvalue weighted by atomic mass is 10.2. The third kappa shape index (κ3) is 4.87. The number of aryl methyl sites for hydroxylation is 1. The molecule has 7 heteroatoms. The molecule has 25 heavy (non-hydrogen) atoms. The molecule has 134 valence electrons. The summed E-state index contributed by atoms with van der Waals surface area (Å²) in [6, 6.07) is 10.3. The van der Waals surface area contributed by atoms with E-state index >= 15 is 0 Å². The molecular formula is C18H24N4O3. The zero-order chi connectivity index (χ0) is 17.6. The number of carbonyl (C=O) groups is 1. The minimum atomic E-state index is -0.422. The molecule has 1 aliphatic rings. The van der Waals surface area contributed by atoms with E-state index in [1.165, 1.54) is 5.56 Å². The fraction of sp³-hybridized carbons (Fsp3) is 0.500. The van der Waals surface area contributed by atoms with E-state index in [9.17, 15) is 4.79 Å². The maximum Gasteiger partial charge on any atom is 0.252 e. The Morgan fingerprint density at radius 1 is 1.36 bits per heavy atom.